The molecule has 1 N–H and O–H groups in total. The third-order valence-corrected chi connectivity index (χ3v) is 6.41. The molecule has 1 aliphatic heterocycles. The highest BCUT2D eigenvalue weighted by atomic mass is 32.2. The summed E-state index contributed by atoms with van der Waals surface area (Å²) in [6, 6.07) is 13.6. The van der Waals surface area contributed by atoms with E-state index in [2.05, 4.69) is 5.32 Å². The predicted octanol–water partition coefficient (Wildman–Crippen LogP) is 2.98. The summed E-state index contributed by atoms with van der Waals surface area (Å²) >= 11 is 0. The van der Waals surface area contributed by atoms with Gasteiger partial charge in [-0.15, -0.1) is 0 Å². The van der Waals surface area contributed by atoms with Gasteiger partial charge in [-0.2, -0.15) is 0 Å². The number of hydrogen-bond donors (Lipinski definition) is 1. The molecule has 150 valence electrons. The molecule has 1 heterocycles. The molecule has 0 saturated heterocycles. The maximum Gasteiger partial charge on any atom is 0.264 e. The quantitative estimate of drug-likeness (QED) is 0.689. The molecule has 2 aromatic carbocycles. The highest BCUT2D eigenvalue weighted by Crippen LogP contribution is 2.33. The number of rotatable bonds is 8. The van der Waals surface area contributed by atoms with E-state index < -0.39 is 10.0 Å². The number of sulfonamides is 1. The Kier molecular flexibility index (Phi) is 6.36. The van der Waals surface area contributed by atoms with E-state index in [1.807, 2.05) is 13.8 Å². The van der Waals surface area contributed by atoms with E-state index >= 15 is 0 Å². The average Bonchev–Trinajstić information content (AvgIpc) is 3.12. The van der Waals surface area contributed by atoms with Crippen LogP contribution < -0.4 is 9.62 Å². The molecule has 2 aromatic rings. The first-order valence-electron chi connectivity index (χ1n) is 9.50. The fourth-order valence-corrected chi connectivity index (χ4v) is 4.70. The molecular formula is C21H26N2O4S. The summed E-state index contributed by atoms with van der Waals surface area (Å²) in [6.45, 7) is 5.48. The van der Waals surface area contributed by atoms with Gasteiger partial charge in [-0.25, -0.2) is 8.42 Å². The highest BCUT2D eigenvalue weighted by molar-refractivity contribution is 7.92. The summed E-state index contributed by atoms with van der Waals surface area (Å²) in [6.07, 6.45) is 1.52. The largest absolute Gasteiger partial charge is 0.379 e. The lowest BCUT2D eigenvalue weighted by Crippen LogP contribution is -2.29. The standard InChI is InChI=1S/C21H26N2O4S/c1-16(2)27-14-6-12-22-21(24)18-9-10-20-17(15-18)11-13-23(20)28(25,26)19-7-4-3-5-8-19/h3-5,7-10,15-16H,6,11-14H2,1-2H3,(H,22,24). The molecule has 0 fully saturated rings. The van der Waals surface area contributed by atoms with Crippen LogP contribution in [-0.4, -0.2) is 40.1 Å². The van der Waals surface area contributed by atoms with E-state index in [9.17, 15) is 13.2 Å². The predicted molar refractivity (Wildman–Crippen MR) is 109 cm³/mol. The first-order chi connectivity index (χ1) is 13.4. The van der Waals surface area contributed by atoms with Crippen LogP contribution in [0.15, 0.2) is 53.4 Å². The Morgan fingerprint density at radius 3 is 2.64 bits per heavy atom. The van der Waals surface area contributed by atoms with Crippen LogP contribution in [-0.2, 0) is 21.2 Å². The lowest BCUT2D eigenvalue weighted by Gasteiger charge is -2.19. The van der Waals surface area contributed by atoms with Crippen LogP contribution in [0.2, 0.25) is 0 Å². The minimum absolute atomic E-state index is 0.156. The Balaban J connectivity index is 1.67. The molecule has 3 rings (SSSR count). The first-order valence-corrected chi connectivity index (χ1v) is 10.9. The minimum Gasteiger partial charge on any atom is -0.379 e. The molecule has 0 radical (unpaired) electrons. The Hall–Kier alpha value is -2.38. The SMILES string of the molecule is CC(C)OCCCNC(=O)c1ccc2c(c1)CCN2S(=O)(=O)c1ccccc1. The number of fused-ring (bicyclic) bond motifs is 1. The van der Waals surface area contributed by atoms with Crippen molar-refractivity contribution in [2.45, 2.75) is 37.7 Å². The van der Waals surface area contributed by atoms with Crippen molar-refractivity contribution in [3.05, 3.63) is 59.7 Å². The van der Waals surface area contributed by atoms with Crippen LogP contribution in [0.3, 0.4) is 0 Å². The van der Waals surface area contributed by atoms with Crippen molar-refractivity contribution in [1.29, 1.82) is 0 Å². The van der Waals surface area contributed by atoms with Gasteiger partial charge in [0.25, 0.3) is 15.9 Å². The number of carbonyl (C=O) groups excluding carboxylic acids is 1. The topological polar surface area (TPSA) is 75.7 Å². The number of amides is 1. The van der Waals surface area contributed by atoms with E-state index in [-0.39, 0.29) is 16.9 Å². The molecule has 6 nitrogen and oxygen atoms in total. The first kappa shape index (κ1) is 20.4. The summed E-state index contributed by atoms with van der Waals surface area (Å²) in [4.78, 5) is 12.6. The third kappa shape index (κ3) is 4.54. The van der Waals surface area contributed by atoms with E-state index in [4.69, 9.17) is 4.74 Å². The van der Waals surface area contributed by atoms with Gasteiger partial charge in [0.15, 0.2) is 0 Å². The lowest BCUT2D eigenvalue weighted by molar-refractivity contribution is 0.0757. The Labute approximate surface area is 166 Å². The molecule has 0 saturated carbocycles. The summed E-state index contributed by atoms with van der Waals surface area (Å²) in [7, 11) is -3.59. The number of anilines is 1. The molecule has 0 atom stereocenters. The Morgan fingerprint density at radius 2 is 1.93 bits per heavy atom. The second kappa shape index (κ2) is 8.75. The molecule has 0 aliphatic carbocycles. The van der Waals surface area contributed by atoms with Gasteiger partial charge in [-0.05, 0) is 62.6 Å². The van der Waals surface area contributed by atoms with Gasteiger partial charge in [0.2, 0.25) is 0 Å². The monoisotopic (exact) mass is 402 g/mol. The van der Waals surface area contributed by atoms with Crippen molar-refractivity contribution >= 4 is 21.6 Å². The summed E-state index contributed by atoms with van der Waals surface area (Å²) < 4.78 is 32.7. The zero-order chi connectivity index (χ0) is 20.1. The Morgan fingerprint density at radius 1 is 1.18 bits per heavy atom. The van der Waals surface area contributed by atoms with Crippen LogP contribution in [0.5, 0.6) is 0 Å². The lowest BCUT2D eigenvalue weighted by atomic mass is 10.1. The summed E-state index contributed by atoms with van der Waals surface area (Å²) in [5.41, 5.74) is 2.06. The molecule has 1 aliphatic rings. The van der Waals surface area contributed by atoms with E-state index in [1.54, 1.807) is 48.5 Å². The Bertz CT molecular complexity index is 927. The number of ether oxygens (including phenoxy) is 1. The van der Waals surface area contributed by atoms with Crippen LogP contribution in [0.1, 0.15) is 36.2 Å². The summed E-state index contributed by atoms with van der Waals surface area (Å²) in [5.74, 6) is -0.156. The van der Waals surface area contributed by atoms with E-state index in [0.717, 1.165) is 12.0 Å². The zero-order valence-electron chi connectivity index (χ0n) is 16.2. The van der Waals surface area contributed by atoms with E-state index in [0.29, 0.717) is 37.4 Å². The van der Waals surface area contributed by atoms with Crippen molar-refractivity contribution in [3.63, 3.8) is 0 Å². The van der Waals surface area contributed by atoms with Gasteiger partial charge >= 0.3 is 0 Å². The molecule has 0 spiro atoms. The molecule has 7 heteroatoms. The van der Waals surface area contributed by atoms with Gasteiger partial charge in [-0.1, -0.05) is 18.2 Å². The molecule has 0 bridgehead atoms. The van der Waals surface area contributed by atoms with Crippen molar-refractivity contribution < 1.29 is 17.9 Å². The van der Waals surface area contributed by atoms with Gasteiger partial charge in [0, 0.05) is 25.3 Å². The maximum absolute atomic E-state index is 12.9. The van der Waals surface area contributed by atoms with Crippen LogP contribution in [0.25, 0.3) is 0 Å². The van der Waals surface area contributed by atoms with Crippen molar-refractivity contribution in [2.75, 3.05) is 24.0 Å². The van der Waals surface area contributed by atoms with Gasteiger partial charge in [0.1, 0.15) is 0 Å². The van der Waals surface area contributed by atoms with Crippen molar-refractivity contribution in [2.24, 2.45) is 0 Å². The van der Waals surface area contributed by atoms with Crippen LogP contribution in [0, 0.1) is 0 Å². The number of nitrogens with zero attached hydrogens (tertiary/aromatic N) is 1. The van der Waals surface area contributed by atoms with Gasteiger partial charge < -0.3 is 10.1 Å². The zero-order valence-corrected chi connectivity index (χ0v) is 17.0. The third-order valence-electron chi connectivity index (χ3n) is 4.58. The van der Waals surface area contributed by atoms with Crippen LogP contribution in [0.4, 0.5) is 5.69 Å². The van der Waals surface area contributed by atoms with Crippen LogP contribution >= 0.6 is 0 Å². The van der Waals surface area contributed by atoms with Gasteiger partial charge in [0.05, 0.1) is 16.7 Å². The van der Waals surface area contributed by atoms with Gasteiger partial charge in [-0.3, -0.25) is 9.10 Å². The molecule has 0 aromatic heterocycles. The van der Waals surface area contributed by atoms with Crippen molar-refractivity contribution in [1.82, 2.24) is 5.32 Å². The van der Waals surface area contributed by atoms with E-state index in [1.165, 1.54) is 4.31 Å². The molecular weight excluding hydrogens is 376 g/mol. The molecule has 28 heavy (non-hydrogen) atoms. The van der Waals surface area contributed by atoms with Crippen molar-refractivity contribution in [3.8, 4) is 0 Å². The highest BCUT2D eigenvalue weighted by Gasteiger charge is 2.31. The molecule has 0 unspecified atom stereocenters. The fraction of sp³-hybridized carbons (Fsp3) is 0.381. The number of benzene rings is 2. The number of carbonyl (C=O) groups is 1. The second-order valence-corrected chi connectivity index (χ2v) is 8.88. The fourth-order valence-electron chi connectivity index (χ4n) is 3.18. The maximum atomic E-state index is 12.9. The number of hydrogen-bond acceptors (Lipinski definition) is 4. The normalized spacial score (nSPS) is 13.6. The molecule has 1 amide bonds. The summed E-state index contributed by atoms with van der Waals surface area (Å²) in [5, 5.41) is 2.88. The minimum atomic E-state index is -3.59. The average molecular weight is 403 g/mol. The smallest absolute Gasteiger partial charge is 0.264 e. The second-order valence-electron chi connectivity index (χ2n) is 7.01. The number of nitrogens with one attached hydrogen (secondary N) is 1.